The molecule has 0 saturated carbocycles. The average Bonchev–Trinajstić information content (AvgIpc) is 3.41. The van der Waals surface area contributed by atoms with Crippen LogP contribution in [0.4, 0.5) is 0 Å². The topological polar surface area (TPSA) is 109 Å². The maximum atomic E-state index is 12.3. The number of hydrogen-bond acceptors (Lipinski definition) is 4. The zero-order valence-electron chi connectivity index (χ0n) is 16.6. The lowest BCUT2D eigenvalue weighted by molar-refractivity contribution is 0.0998. The van der Waals surface area contributed by atoms with Crippen molar-refractivity contribution >= 4 is 34.4 Å². The molecule has 0 atom stereocenters. The molecule has 3 heterocycles. The quantitative estimate of drug-likeness (QED) is 0.426. The molecule has 1 aromatic carbocycles. The van der Waals surface area contributed by atoms with Gasteiger partial charge in [0.15, 0.2) is 11.7 Å². The van der Waals surface area contributed by atoms with Crippen molar-refractivity contribution in [2.75, 3.05) is 20.1 Å². The molecule has 30 heavy (non-hydrogen) atoms. The van der Waals surface area contributed by atoms with Crippen LogP contribution in [0.3, 0.4) is 0 Å². The highest BCUT2D eigenvalue weighted by Gasteiger charge is 2.16. The number of halogens is 1. The number of nitrogens with two attached hydrogens (primary N) is 1. The number of H-pyrrole nitrogens is 1. The minimum absolute atomic E-state index is 0.0311. The Bertz CT molecular complexity index is 1100. The lowest BCUT2D eigenvalue weighted by Gasteiger charge is -2.14. The van der Waals surface area contributed by atoms with Crippen LogP contribution in [0.5, 0.6) is 11.5 Å². The molecular weight excluding hydrogens is 404 g/mol. The van der Waals surface area contributed by atoms with Gasteiger partial charge in [-0.2, -0.15) is 4.99 Å². The first kappa shape index (κ1) is 20.2. The van der Waals surface area contributed by atoms with E-state index in [0.717, 1.165) is 25.3 Å². The number of amides is 1. The number of rotatable bonds is 5. The second kappa shape index (κ2) is 8.73. The number of fused-ring (bicyclic) bond motifs is 1. The van der Waals surface area contributed by atoms with Gasteiger partial charge in [-0.05, 0) is 50.2 Å². The van der Waals surface area contributed by atoms with Crippen molar-refractivity contribution in [3.63, 3.8) is 0 Å². The highest BCUT2D eigenvalue weighted by molar-refractivity contribution is 6.35. The van der Waals surface area contributed by atoms with Gasteiger partial charge in [0.2, 0.25) is 0 Å². The van der Waals surface area contributed by atoms with Gasteiger partial charge in [-0.25, -0.2) is 0 Å². The van der Waals surface area contributed by atoms with Gasteiger partial charge in [0.25, 0.3) is 5.91 Å². The summed E-state index contributed by atoms with van der Waals surface area (Å²) in [5.41, 5.74) is 7.42. The van der Waals surface area contributed by atoms with E-state index in [-0.39, 0.29) is 11.7 Å². The van der Waals surface area contributed by atoms with Gasteiger partial charge in [0.1, 0.15) is 11.4 Å². The predicted molar refractivity (Wildman–Crippen MR) is 117 cm³/mol. The van der Waals surface area contributed by atoms with E-state index in [1.165, 1.54) is 12.8 Å². The van der Waals surface area contributed by atoms with Crippen LogP contribution in [0.25, 0.3) is 10.9 Å². The summed E-state index contributed by atoms with van der Waals surface area (Å²) in [6.07, 6.45) is 4.21. The number of aliphatic imine (C=N–C) groups is 1. The Morgan fingerprint density at radius 2 is 2.13 bits per heavy atom. The summed E-state index contributed by atoms with van der Waals surface area (Å²) in [5, 5.41) is 3.79. The monoisotopic (exact) mass is 426 g/mol. The number of carbonyl (C=O) groups is 1. The second-order valence-corrected chi connectivity index (χ2v) is 7.54. The van der Waals surface area contributed by atoms with E-state index in [0.29, 0.717) is 27.4 Å². The first-order chi connectivity index (χ1) is 14.5. The van der Waals surface area contributed by atoms with Crippen LogP contribution < -0.4 is 15.8 Å². The Morgan fingerprint density at radius 1 is 1.33 bits per heavy atom. The number of pyridine rings is 1. The molecular formula is C21H23ClN6O2. The van der Waals surface area contributed by atoms with E-state index in [4.69, 9.17) is 22.1 Å². The van der Waals surface area contributed by atoms with Crippen molar-refractivity contribution in [2.45, 2.75) is 19.4 Å². The molecule has 1 amide bonds. The first-order valence-corrected chi connectivity index (χ1v) is 10.1. The van der Waals surface area contributed by atoms with Crippen LogP contribution >= 0.6 is 11.6 Å². The van der Waals surface area contributed by atoms with Crippen molar-refractivity contribution in [3.8, 4) is 11.5 Å². The fourth-order valence-corrected chi connectivity index (χ4v) is 3.70. The lowest BCUT2D eigenvalue weighted by Crippen LogP contribution is -2.28. The third-order valence-electron chi connectivity index (χ3n) is 5.01. The lowest BCUT2D eigenvalue weighted by atomic mass is 10.2. The number of carbonyl (C=O) groups excluding carboxylic acids is 1. The molecule has 2 aromatic heterocycles. The number of ether oxygens (including phenoxy) is 1. The Morgan fingerprint density at radius 3 is 2.90 bits per heavy atom. The summed E-state index contributed by atoms with van der Waals surface area (Å²) in [4.78, 5) is 26.0. The molecule has 1 aliphatic heterocycles. The molecule has 156 valence electrons. The van der Waals surface area contributed by atoms with Crippen LogP contribution in [0.1, 0.15) is 29.0 Å². The van der Waals surface area contributed by atoms with Gasteiger partial charge in [-0.3, -0.25) is 14.7 Å². The largest absolute Gasteiger partial charge is 0.455 e. The number of aromatic amines is 1. The molecule has 0 aliphatic carbocycles. The summed E-state index contributed by atoms with van der Waals surface area (Å²) in [6.45, 7) is 3.01. The average molecular weight is 427 g/mol. The van der Waals surface area contributed by atoms with Crippen molar-refractivity contribution in [2.24, 2.45) is 10.7 Å². The van der Waals surface area contributed by atoms with Crippen LogP contribution in [-0.2, 0) is 6.54 Å². The molecule has 9 heteroatoms. The molecule has 0 bridgehead atoms. The number of hydrogen-bond donors (Lipinski definition) is 3. The molecule has 4 rings (SSSR count). The third kappa shape index (κ3) is 4.39. The van der Waals surface area contributed by atoms with E-state index in [2.05, 4.69) is 25.2 Å². The van der Waals surface area contributed by atoms with Gasteiger partial charge >= 0.3 is 0 Å². The van der Waals surface area contributed by atoms with Crippen LogP contribution in [0, 0.1) is 0 Å². The molecule has 3 aromatic rings. The fraction of sp³-hybridized carbons (Fsp3) is 0.286. The number of benzene rings is 1. The van der Waals surface area contributed by atoms with Gasteiger partial charge < -0.3 is 20.8 Å². The van der Waals surface area contributed by atoms with E-state index < -0.39 is 5.91 Å². The summed E-state index contributed by atoms with van der Waals surface area (Å²) < 4.78 is 6.11. The van der Waals surface area contributed by atoms with E-state index in [1.54, 1.807) is 37.5 Å². The predicted octanol–water partition coefficient (Wildman–Crippen LogP) is 3.28. The SMILES string of the molecule is CNC(N)=NC(=O)c1cc2c(Cl)ccc(Oc3ccnc(CN4CCCC4)c3)c2[nH]1. The summed E-state index contributed by atoms with van der Waals surface area (Å²) in [6, 6.07) is 8.89. The molecule has 0 spiro atoms. The molecule has 1 aliphatic rings. The molecule has 8 nitrogen and oxygen atoms in total. The molecule has 1 fully saturated rings. The summed E-state index contributed by atoms with van der Waals surface area (Å²) in [5.74, 6) is 0.750. The van der Waals surface area contributed by atoms with E-state index in [9.17, 15) is 4.79 Å². The first-order valence-electron chi connectivity index (χ1n) is 9.76. The van der Waals surface area contributed by atoms with Gasteiger partial charge in [-0.15, -0.1) is 0 Å². The fourth-order valence-electron chi connectivity index (χ4n) is 3.49. The third-order valence-corrected chi connectivity index (χ3v) is 5.34. The minimum Gasteiger partial charge on any atom is -0.455 e. The highest BCUT2D eigenvalue weighted by atomic mass is 35.5. The van der Waals surface area contributed by atoms with Crippen molar-refractivity contribution in [1.82, 2.24) is 20.2 Å². The normalized spacial score (nSPS) is 14.9. The van der Waals surface area contributed by atoms with Crippen LogP contribution in [0.15, 0.2) is 41.5 Å². The Kier molecular flexibility index (Phi) is 5.87. The Hall–Kier alpha value is -3.10. The standard InChI is InChI=1S/C21H23ClN6O2/c1-24-21(23)27-20(29)17-11-15-16(22)4-5-18(19(15)26-17)30-14-6-7-25-13(10-14)12-28-8-2-3-9-28/h4-7,10-11,26H,2-3,8-9,12H2,1H3,(H3,23,24,27,29). The maximum absolute atomic E-state index is 12.3. The smallest absolute Gasteiger partial charge is 0.296 e. The zero-order chi connectivity index (χ0) is 21.1. The van der Waals surface area contributed by atoms with Crippen LogP contribution in [0.2, 0.25) is 5.02 Å². The van der Waals surface area contributed by atoms with Gasteiger partial charge in [0, 0.05) is 31.2 Å². The second-order valence-electron chi connectivity index (χ2n) is 7.14. The Balaban J connectivity index is 1.61. The van der Waals surface area contributed by atoms with Crippen molar-refractivity contribution in [1.29, 1.82) is 0 Å². The molecule has 4 N–H and O–H groups in total. The number of nitrogens with one attached hydrogen (secondary N) is 2. The van der Waals surface area contributed by atoms with Crippen molar-refractivity contribution in [3.05, 3.63) is 52.9 Å². The number of nitrogens with zero attached hydrogens (tertiary/aromatic N) is 3. The molecule has 0 radical (unpaired) electrons. The Labute approximate surface area is 179 Å². The van der Waals surface area contributed by atoms with Gasteiger partial charge in [0.05, 0.1) is 16.2 Å². The summed E-state index contributed by atoms with van der Waals surface area (Å²) in [7, 11) is 1.59. The van der Waals surface area contributed by atoms with Crippen LogP contribution in [-0.4, -0.2) is 46.9 Å². The number of guanidine groups is 1. The zero-order valence-corrected chi connectivity index (χ0v) is 17.4. The maximum Gasteiger partial charge on any atom is 0.296 e. The summed E-state index contributed by atoms with van der Waals surface area (Å²) >= 11 is 6.33. The van der Waals surface area contributed by atoms with Crippen molar-refractivity contribution < 1.29 is 9.53 Å². The number of likely N-dealkylation sites (tertiary alicyclic amines) is 1. The number of aromatic nitrogens is 2. The van der Waals surface area contributed by atoms with E-state index >= 15 is 0 Å². The minimum atomic E-state index is -0.503. The van der Waals surface area contributed by atoms with E-state index in [1.807, 2.05) is 6.07 Å². The highest BCUT2D eigenvalue weighted by Crippen LogP contribution is 2.34. The van der Waals surface area contributed by atoms with Gasteiger partial charge in [-0.1, -0.05) is 11.6 Å². The molecule has 1 saturated heterocycles. The molecule has 0 unspecified atom stereocenters.